The van der Waals surface area contributed by atoms with E-state index in [1.165, 1.54) is 0 Å². The van der Waals surface area contributed by atoms with Gasteiger partial charge in [0, 0.05) is 10.4 Å². The van der Waals surface area contributed by atoms with E-state index < -0.39 is 0 Å². The predicted molar refractivity (Wildman–Crippen MR) is 84.7 cm³/mol. The molecular formula is C16H13BrClNO. The maximum Gasteiger partial charge on any atom is 0.145 e. The second-order valence-corrected chi connectivity index (χ2v) is 5.25. The van der Waals surface area contributed by atoms with Gasteiger partial charge in [-0.05, 0) is 47.9 Å². The monoisotopic (exact) mass is 349 g/mol. The second kappa shape index (κ2) is 6.78. The van der Waals surface area contributed by atoms with Crippen LogP contribution in [0.2, 0.25) is 5.02 Å². The first-order valence-electron chi connectivity index (χ1n) is 6.23. The molecule has 0 aliphatic rings. The van der Waals surface area contributed by atoms with E-state index in [0.717, 1.165) is 22.6 Å². The van der Waals surface area contributed by atoms with Gasteiger partial charge in [0.2, 0.25) is 0 Å². The number of halogens is 2. The van der Waals surface area contributed by atoms with Crippen LogP contribution in [0.5, 0.6) is 11.5 Å². The van der Waals surface area contributed by atoms with E-state index in [0.29, 0.717) is 22.4 Å². The number of hydrogen-bond donors (Lipinski definition) is 0. The number of nitrogens with zero attached hydrogens (tertiary/aromatic N) is 1. The molecule has 2 aromatic carbocycles. The number of nitriles is 1. The van der Waals surface area contributed by atoms with Crippen molar-refractivity contribution in [2.75, 3.05) is 0 Å². The van der Waals surface area contributed by atoms with Crippen molar-refractivity contribution in [1.29, 1.82) is 5.26 Å². The van der Waals surface area contributed by atoms with E-state index in [-0.39, 0.29) is 0 Å². The highest BCUT2D eigenvalue weighted by molar-refractivity contribution is 9.08. The Bertz CT molecular complexity index is 664. The summed E-state index contributed by atoms with van der Waals surface area (Å²) >= 11 is 9.46. The summed E-state index contributed by atoms with van der Waals surface area (Å²) in [6, 6.07) is 13.3. The molecule has 0 saturated carbocycles. The van der Waals surface area contributed by atoms with Crippen molar-refractivity contribution < 1.29 is 4.74 Å². The summed E-state index contributed by atoms with van der Waals surface area (Å²) in [6.45, 7) is 2.04. The smallest absolute Gasteiger partial charge is 0.145 e. The Kier molecular flexibility index (Phi) is 5.05. The molecule has 102 valence electrons. The molecule has 0 amide bonds. The lowest BCUT2D eigenvalue weighted by Crippen LogP contribution is -1.91. The Balaban J connectivity index is 2.32. The largest absolute Gasteiger partial charge is 0.456 e. The quantitative estimate of drug-likeness (QED) is 0.686. The van der Waals surface area contributed by atoms with Crippen LogP contribution in [0.4, 0.5) is 0 Å². The van der Waals surface area contributed by atoms with E-state index in [1.54, 1.807) is 6.07 Å². The Hall–Kier alpha value is -1.50. The van der Waals surface area contributed by atoms with Crippen molar-refractivity contribution in [2.24, 2.45) is 0 Å². The van der Waals surface area contributed by atoms with E-state index in [1.807, 2.05) is 37.3 Å². The zero-order valence-corrected chi connectivity index (χ0v) is 13.3. The first kappa shape index (κ1) is 14.9. The lowest BCUT2D eigenvalue weighted by molar-refractivity contribution is 0.480. The van der Waals surface area contributed by atoms with Gasteiger partial charge in [-0.2, -0.15) is 5.26 Å². The molecule has 0 fully saturated rings. The van der Waals surface area contributed by atoms with Crippen molar-refractivity contribution in [1.82, 2.24) is 0 Å². The SMILES string of the molecule is CCc1cc(Oc2ccc(CBr)cc2C#N)ccc1Cl. The van der Waals surface area contributed by atoms with Gasteiger partial charge in [-0.25, -0.2) is 0 Å². The highest BCUT2D eigenvalue weighted by Gasteiger charge is 2.07. The van der Waals surface area contributed by atoms with Gasteiger partial charge in [-0.1, -0.05) is 40.5 Å². The van der Waals surface area contributed by atoms with Gasteiger partial charge in [0.25, 0.3) is 0 Å². The third kappa shape index (κ3) is 3.33. The van der Waals surface area contributed by atoms with E-state index >= 15 is 0 Å². The summed E-state index contributed by atoms with van der Waals surface area (Å²) in [6.07, 6.45) is 0.837. The lowest BCUT2D eigenvalue weighted by atomic mass is 10.1. The molecule has 0 aromatic heterocycles. The molecule has 0 heterocycles. The predicted octanol–water partition coefficient (Wildman–Crippen LogP) is 5.46. The highest BCUT2D eigenvalue weighted by atomic mass is 79.9. The van der Waals surface area contributed by atoms with Crippen LogP contribution in [0, 0.1) is 11.3 Å². The van der Waals surface area contributed by atoms with Crippen LogP contribution in [-0.2, 0) is 11.8 Å². The van der Waals surface area contributed by atoms with Gasteiger partial charge in [-0.3, -0.25) is 0 Å². The van der Waals surface area contributed by atoms with Crippen LogP contribution in [0.25, 0.3) is 0 Å². The summed E-state index contributed by atoms with van der Waals surface area (Å²) in [5.41, 5.74) is 2.59. The molecule has 2 nitrogen and oxygen atoms in total. The van der Waals surface area contributed by atoms with Gasteiger partial charge in [-0.15, -0.1) is 0 Å². The Labute approximate surface area is 132 Å². The Morgan fingerprint density at radius 3 is 2.70 bits per heavy atom. The summed E-state index contributed by atoms with van der Waals surface area (Å²) in [5.74, 6) is 1.25. The molecule has 0 spiro atoms. The molecule has 0 N–H and O–H groups in total. The maximum atomic E-state index is 9.19. The molecular weight excluding hydrogens is 338 g/mol. The average Bonchev–Trinajstić information content (AvgIpc) is 2.49. The summed E-state index contributed by atoms with van der Waals surface area (Å²) in [7, 11) is 0. The maximum absolute atomic E-state index is 9.19. The van der Waals surface area contributed by atoms with Crippen molar-refractivity contribution in [3.63, 3.8) is 0 Å². The number of aryl methyl sites for hydroxylation is 1. The molecule has 0 saturated heterocycles. The number of benzene rings is 2. The van der Waals surface area contributed by atoms with Crippen LogP contribution in [-0.4, -0.2) is 0 Å². The van der Waals surface area contributed by atoms with E-state index in [2.05, 4.69) is 22.0 Å². The molecule has 0 aliphatic carbocycles. The first-order valence-corrected chi connectivity index (χ1v) is 7.73. The zero-order valence-electron chi connectivity index (χ0n) is 11.0. The molecule has 20 heavy (non-hydrogen) atoms. The third-order valence-electron chi connectivity index (χ3n) is 2.94. The summed E-state index contributed by atoms with van der Waals surface area (Å²) < 4.78 is 5.80. The van der Waals surface area contributed by atoms with Gasteiger partial charge >= 0.3 is 0 Å². The summed E-state index contributed by atoms with van der Waals surface area (Å²) in [5, 5.41) is 10.6. The zero-order chi connectivity index (χ0) is 14.5. The fourth-order valence-corrected chi connectivity index (χ4v) is 2.45. The first-order chi connectivity index (χ1) is 9.67. The highest BCUT2D eigenvalue weighted by Crippen LogP contribution is 2.29. The molecule has 0 unspecified atom stereocenters. The molecule has 2 rings (SSSR count). The van der Waals surface area contributed by atoms with Crippen LogP contribution < -0.4 is 4.74 Å². The normalized spacial score (nSPS) is 10.1. The van der Waals surface area contributed by atoms with Crippen molar-refractivity contribution >= 4 is 27.5 Å². The molecule has 4 heteroatoms. The number of rotatable bonds is 4. The van der Waals surface area contributed by atoms with Crippen LogP contribution >= 0.6 is 27.5 Å². The van der Waals surface area contributed by atoms with Crippen LogP contribution in [0.15, 0.2) is 36.4 Å². The fraction of sp³-hybridized carbons (Fsp3) is 0.188. The standard InChI is InChI=1S/C16H13BrClNO/c1-2-12-8-14(4-5-15(12)18)20-16-6-3-11(9-17)7-13(16)10-19/h3-8H,2,9H2,1H3. The minimum atomic E-state index is 0.523. The minimum absolute atomic E-state index is 0.523. The van der Waals surface area contributed by atoms with E-state index in [4.69, 9.17) is 16.3 Å². The molecule has 2 aromatic rings. The van der Waals surface area contributed by atoms with Gasteiger partial charge in [0.1, 0.15) is 17.6 Å². The van der Waals surface area contributed by atoms with Gasteiger partial charge in [0.15, 0.2) is 0 Å². The minimum Gasteiger partial charge on any atom is -0.456 e. The van der Waals surface area contributed by atoms with Crippen molar-refractivity contribution in [2.45, 2.75) is 18.7 Å². The number of alkyl halides is 1. The van der Waals surface area contributed by atoms with Crippen molar-refractivity contribution in [3.05, 3.63) is 58.1 Å². The molecule has 0 bridgehead atoms. The third-order valence-corrected chi connectivity index (χ3v) is 3.96. The van der Waals surface area contributed by atoms with Gasteiger partial charge < -0.3 is 4.74 Å². The van der Waals surface area contributed by atoms with Crippen LogP contribution in [0.3, 0.4) is 0 Å². The lowest BCUT2D eigenvalue weighted by Gasteiger charge is -2.10. The fourth-order valence-electron chi connectivity index (χ4n) is 1.85. The van der Waals surface area contributed by atoms with Crippen LogP contribution in [0.1, 0.15) is 23.6 Å². The van der Waals surface area contributed by atoms with E-state index in [9.17, 15) is 5.26 Å². The second-order valence-electron chi connectivity index (χ2n) is 4.28. The molecule has 0 atom stereocenters. The number of ether oxygens (including phenoxy) is 1. The van der Waals surface area contributed by atoms with Crippen molar-refractivity contribution in [3.8, 4) is 17.6 Å². The topological polar surface area (TPSA) is 33.0 Å². The molecule has 0 radical (unpaired) electrons. The Morgan fingerprint density at radius 1 is 1.25 bits per heavy atom. The average molecular weight is 351 g/mol. The Morgan fingerprint density at radius 2 is 2.05 bits per heavy atom. The van der Waals surface area contributed by atoms with Gasteiger partial charge in [0.05, 0.1) is 5.56 Å². The number of hydrogen-bond acceptors (Lipinski definition) is 2. The molecule has 0 aliphatic heterocycles. The summed E-state index contributed by atoms with van der Waals surface area (Å²) in [4.78, 5) is 0.